The molecule has 0 aromatic heterocycles. The van der Waals surface area contributed by atoms with Crippen LogP contribution in [-0.4, -0.2) is 33.5 Å². The lowest BCUT2D eigenvalue weighted by molar-refractivity contribution is 0.0695. The molecule has 4 nitrogen and oxygen atoms in total. The molecule has 0 aliphatic heterocycles. The summed E-state index contributed by atoms with van der Waals surface area (Å²) in [5, 5.41) is 30.3. The van der Waals surface area contributed by atoms with Gasteiger partial charge in [0.1, 0.15) is 0 Å². The Bertz CT molecular complexity index is 805. The summed E-state index contributed by atoms with van der Waals surface area (Å²) in [5.74, 6) is 0.533. The highest BCUT2D eigenvalue weighted by atomic mass is 16.4. The molecular formula is C26H34O4. The van der Waals surface area contributed by atoms with Crippen molar-refractivity contribution in [2.45, 2.75) is 70.0 Å². The standard InChI is InChI=1S/C26H34O4/c27-24(19-8-1-2-9-19)13-12-22-23-15-17(14-20(23)16-25(22)28)6-5-10-18-7-3-4-11-21(18)26(29)30/h3-4,7,11-14,19-20,22-25,27-28H,1-2,5-6,8-10,15-16H2,(H,29,30)/t20-,22-,23-,24+,25+/m0/s1. The van der Waals surface area contributed by atoms with Crippen LogP contribution in [0.4, 0.5) is 0 Å². The molecule has 0 radical (unpaired) electrons. The van der Waals surface area contributed by atoms with Crippen molar-refractivity contribution in [1.82, 2.24) is 0 Å². The molecule has 5 atom stereocenters. The molecule has 2 fully saturated rings. The maximum atomic E-state index is 11.4. The lowest BCUT2D eigenvalue weighted by Gasteiger charge is -2.20. The third-order valence-electron chi connectivity index (χ3n) is 7.56. The van der Waals surface area contributed by atoms with Gasteiger partial charge in [0.25, 0.3) is 0 Å². The number of rotatable bonds is 8. The number of aliphatic hydroxyl groups excluding tert-OH is 2. The molecule has 3 aliphatic rings. The van der Waals surface area contributed by atoms with Crippen LogP contribution in [0.3, 0.4) is 0 Å². The molecule has 30 heavy (non-hydrogen) atoms. The summed E-state index contributed by atoms with van der Waals surface area (Å²) in [6.07, 6.45) is 14.9. The number of hydrogen-bond acceptors (Lipinski definition) is 3. The van der Waals surface area contributed by atoms with E-state index in [9.17, 15) is 20.1 Å². The Morgan fingerprint density at radius 2 is 1.93 bits per heavy atom. The molecule has 2 saturated carbocycles. The number of aliphatic hydroxyl groups is 2. The summed E-state index contributed by atoms with van der Waals surface area (Å²) in [6.45, 7) is 0. The fourth-order valence-electron chi connectivity index (χ4n) is 5.94. The largest absolute Gasteiger partial charge is 0.478 e. The number of aryl methyl sites for hydroxylation is 1. The Hall–Kier alpha value is -1.91. The predicted molar refractivity (Wildman–Crippen MR) is 117 cm³/mol. The molecule has 1 aromatic carbocycles. The summed E-state index contributed by atoms with van der Waals surface area (Å²) in [4.78, 5) is 11.4. The van der Waals surface area contributed by atoms with Gasteiger partial charge in [-0.2, -0.15) is 0 Å². The molecule has 0 unspecified atom stereocenters. The second kappa shape index (κ2) is 9.49. The molecule has 0 bridgehead atoms. The molecule has 0 amide bonds. The Labute approximate surface area is 179 Å². The number of aromatic carboxylic acids is 1. The van der Waals surface area contributed by atoms with Crippen molar-refractivity contribution in [2.24, 2.45) is 23.7 Å². The number of benzene rings is 1. The molecule has 3 N–H and O–H groups in total. The number of carboxylic acids is 1. The lowest BCUT2D eigenvalue weighted by Crippen LogP contribution is -2.20. The van der Waals surface area contributed by atoms with Crippen molar-refractivity contribution in [3.8, 4) is 0 Å². The van der Waals surface area contributed by atoms with Gasteiger partial charge in [-0.05, 0) is 74.3 Å². The fourth-order valence-corrected chi connectivity index (χ4v) is 5.94. The van der Waals surface area contributed by atoms with Gasteiger partial charge >= 0.3 is 5.97 Å². The smallest absolute Gasteiger partial charge is 0.335 e. The number of fused-ring (bicyclic) bond motifs is 1. The van der Waals surface area contributed by atoms with E-state index in [0.717, 1.165) is 50.5 Å². The molecule has 0 heterocycles. The molecule has 0 saturated heterocycles. The van der Waals surface area contributed by atoms with Crippen molar-refractivity contribution in [1.29, 1.82) is 0 Å². The van der Waals surface area contributed by atoms with Gasteiger partial charge in [0, 0.05) is 5.92 Å². The Morgan fingerprint density at radius 3 is 2.70 bits per heavy atom. The first-order valence-electron chi connectivity index (χ1n) is 11.6. The number of carbonyl (C=O) groups is 1. The van der Waals surface area contributed by atoms with Crippen LogP contribution < -0.4 is 0 Å². The maximum absolute atomic E-state index is 11.4. The summed E-state index contributed by atoms with van der Waals surface area (Å²) >= 11 is 0. The average molecular weight is 411 g/mol. The molecule has 1 aromatic rings. The highest BCUT2D eigenvalue weighted by molar-refractivity contribution is 5.89. The highest BCUT2D eigenvalue weighted by Crippen LogP contribution is 2.48. The van der Waals surface area contributed by atoms with Gasteiger partial charge in [0.15, 0.2) is 0 Å². The van der Waals surface area contributed by atoms with Gasteiger partial charge < -0.3 is 15.3 Å². The van der Waals surface area contributed by atoms with Crippen molar-refractivity contribution in [3.63, 3.8) is 0 Å². The van der Waals surface area contributed by atoms with Gasteiger partial charge in [0.2, 0.25) is 0 Å². The van der Waals surface area contributed by atoms with Crippen LogP contribution in [0.5, 0.6) is 0 Å². The van der Waals surface area contributed by atoms with Gasteiger partial charge in [-0.15, -0.1) is 0 Å². The third kappa shape index (κ3) is 4.70. The molecule has 4 rings (SSSR count). The quantitative estimate of drug-likeness (QED) is 0.540. The van der Waals surface area contributed by atoms with E-state index in [0.29, 0.717) is 23.3 Å². The van der Waals surface area contributed by atoms with Crippen LogP contribution in [0.15, 0.2) is 48.1 Å². The molecular weight excluding hydrogens is 376 g/mol. The van der Waals surface area contributed by atoms with Crippen molar-refractivity contribution in [2.75, 3.05) is 0 Å². The van der Waals surface area contributed by atoms with E-state index in [1.54, 1.807) is 12.1 Å². The van der Waals surface area contributed by atoms with Crippen LogP contribution in [0.2, 0.25) is 0 Å². The van der Waals surface area contributed by atoms with E-state index >= 15 is 0 Å². The number of carboxylic acid groups (broad SMARTS) is 1. The van der Waals surface area contributed by atoms with E-state index in [-0.39, 0.29) is 18.1 Å². The summed E-state index contributed by atoms with van der Waals surface area (Å²) in [6, 6.07) is 7.26. The van der Waals surface area contributed by atoms with E-state index in [2.05, 4.69) is 12.2 Å². The first kappa shape index (κ1) is 21.3. The van der Waals surface area contributed by atoms with Crippen molar-refractivity contribution >= 4 is 5.97 Å². The van der Waals surface area contributed by atoms with E-state index in [4.69, 9.17) is 0 Å². The second-order valence-corrected chi connectivity index (χ2v) is 9.47. The number of hydrogen-bond donors (Lipinski definition) is 3. The molecule has 3 aliphatic carbocycles. The van der Waals surface area contributed by atoms with Crippen LogP contribution in [0.1, 0.15) is 67.3 Å². The van der Waals surface area contributed by atoms with Crippen LogP contribution in [-0.2, 0) is 6.42 Å². The Balaban J connectivity index is 1.30. The lowest BCUT2D eigenvalue weighted by atomic mass is 9.87. The zero-order chi connectivity index (χ0) is 21.1. The SMILES string of the molecule is O=C(O)c1ccccc1CCCC1=C[C@H]2C[C@@H](O)[C@@H](C=C[C@@H](O)C3CCCC3)[C@H]2C1. The first-order chi connectivity index (χ1) is 14.5. The van der Waals surface area contributed by atoms with E-state index in [1.165, 1.54) is 18.4 Å². The van der Waals surface area contributed by atoms with Gasteiger partial charge in [-0.1, -0.05) is 54.8 Å². The zero-order valence-corrected chi connectivity index (χ0v) is 17.6. The minimum Gasteiger partial charge on any atom is -0.478 e. The average Bonchev–Trinajstić information content (AvgIpc) is 3.44. The summed E-state index contributed by atoms with van der Waals surface area (Å²) in [7, 11) is 0. The van der Waals surface area contributed by atoms with E-state index in [1.807, 2.05) is 18.2 Å². The highest BCUT2D eigenvalue weighted by Gasteiger charge is 2.43. The summed E-state index contributed by atoms with van der Waals surface area (Å²) in [5.41, 5.74) is 2.75. The minimum atomic E-state index is -0.858. The van der Waals surface area contributed by atoms with Crippen LogP contribution >= 0.6 is 0 Å². The van der Waals surface area contributed by atoms with Crippen molar-refractivity contribution < 1.29 is 20.1 Å². The third-order valence-corrected chi connectivity index (χ3v) is 7.56. The fraction of sp³-hybridized carbons (Fsp3) is 0.577. The van der Waals surface area contributed by atoms with Crippen LogP contribution in [0.25, 0.3) is 0 Å². The monoisotopic (exact) mass is 410 g/mol. The van der Waals surface area contributed by atoms with E-state index < -0.39 is 5.97 Å². The van der Waals surface area contributed by atoms with Gasteiger partial charge in [-0.3, -0.25) is 0 Å². The summed E-state index contributed by atoms with van der Waals surface area (Å²) < 4.78 is 0. The number of allylic oxidation sites excluding steroid dienone is 2. The Kier molecular flexibility index (Phi) is 6.74. The van der Waals surface area contributed by atoms with Gasteiger partial charge in [0.05, 0.1) is 17.8 Å². The minimum absolute atomic E-state index is 0.132. The second-order valence-electron chi connectivity index (χ2n) is 9.47. The molecule has 4 heteroatoms. The predicted octanol–water partition coefficient (Wildman–Crippen LogP) is 4.76. The topological polar surface area (TPSA) is 77.8 Å². The maximum Gasteiger partial charge on any atom is 0.335 e. The van der Waals surface area contributed by atoms with Crippen molar-refractivity contribution in [3.05, 3.63) is 59.2 Å². The molecule has 0 spiro atoms. The Morgan fingerprint density at radius 1 is 1.17 bits per heavy atom. The zero-order valence-electron chi connectivity index (χ0n) is 17.6. The first-order valence-corrected chi connectivity index (χ1v) is 11.6. The normalized spacial score (nSPS) is 30.0. The van der Waals surface area contributed by atoms with Crippen LogP contribution in [0, 0.1) is 23.7 Å². The van der Waals surface area contributed by atoms with Gasteiger partial charge in [-0.25, -0.2) is 4.79 Å². The molecule has 162 valence electrons.